The second-order valence-electron chi connectivity index (χ2n) is 6.06. The van der Waals surface area contributed by atoms with Gasteiger partial charge in [-0.3, -0.25) is 19.4 Å². The van der Waals surface area contributed by atoms with E-state index in [1.165, 1.54) is 17.6 Å². The maximum Gasteiger partial charge on any atom is 0.264 e. The van der Waals surface area contributed by atoms with E-state index < -0.39 is 0 Å². The van der Waals surface area contributed by atoms with Crippen molar-refractivity contribution in [2.45, 2.75) is 13.0 Å². The van der Waals surface area contributed by atoms with E-state index in [4.69, 9.17) is 4.74 Å². The Morgan fingerprint density at radius 3 is 2.48 bits per heavy atom. The second-order valence-corrected chi connectivity index (χ2v) is 6.06. The summed E-state index contributed by atoms with van der Waals surface area (Å²) in [6.07, 6.45) is 0.341. The monoisotopic (exact) mass is 338 g/mol. The first kappa shape index (κ1) is 17.2. The van der Waals surface area contributed by atoms with Crippen LogP contribution in [0.4, 0.5) is 0 Å². The molecule has 0 bridgehead atoms. The van der Waals surface area contributed by atoms with E-state index in [0.29, 0.717) is 37.4 Å². The third kappa shape index (κ3) is 4.06. The fourth-order valence-electron chi connectivity index (χ4n) is 3.05. The van der Waals surface area contributed by atoms with Gasteiger partial charge in [0.1, 0.15) is 5.75 Å². The summed E-state index contributed by atoms with van der Waals surface area (Å²) in [5.74, 6) is 0.0705. The number of ether oxygens (including phenoxy) is 1. The van der Waals surface area contributed by atoms with Crippen LogP contribution in [0.5, 0.6) is 5.75 Å². The minimum atomic E-state index is -0.288. The number of carbonyl (C=O) groups is 2. The molecule has 3 rings (SSSR count). The normalized spacial score (nSPS) is 15.7. The van der Waals surface area contributed by atoms with Crippen molar-refractivity contribution in [3.63, 3.8) is 0 Å². The quantitative estimate of drug-likeness (QED) is 0.804. The standard InChI is InChI=1S/C20H22N2O3/c1-25-18-10-6-5-9-17(18)20(24)22-14-13-21(12-11-19(22)23)15-16-7-3-2-4-8-16/h2-10H,11-15H2,1H3. The Labute approximate surface area is 147 Å². The van der Waals surface area contributed by atoms with E-state index >= 15 is 0 Å². The first-order valence-electron chi connectivity index (χ1n) is 8.43. The summed E-state index contributed by atoms with van der Waals surface area (Å²) in [5, 5.41) is 0. The Kier molecular flexibility index (Phi) is 5.46. The van der Waals surface area contributed by atoms with Gasteiger partial charge in [-0.1, -0.05) is 42.5 Å². The molecular weight excluding hydrogens is 316 g/mol. The summed E-state index contributed by atoms with van der Waals surface area (Å²) in [4.78, 5) is 28.8. The summed E-state index contributed by atoms with van der Waals surface area (Å²) in [5.41, 5.74) is 1.63. The number of methoxy groups -OCH3 is 1. The van der Waals surface area contributed by atoms with Crippen molar-refractivity contribution in [3.8, 4) is 5.75 Å². The molecule has 0 radical (unpaired) electrons. The molecule has 2 aromatic carbocycles. The fraction of sp³-hybridized carbons (Fsp3) is 0.300. The van der Waals surface area contributed by atoms with Gasteiger partial charge in [-0.05, 0) is 17.7 Å². The maximum absolute atomic E-state index is 12.8. The topological polar surface area (TPSA) is 49.9 Å². The van der Waals surface area contributed by atoms with Crippen molar-refractivity contribution in [3.05, 3.63) is 65.7 Å². The summed E-state index contributed by atoms with van der Waals surface area (Å²) in [6.45, 7) is 2.50. The third-order valence-electron chi connectivity index (χ3n) is 4.41. The highest BCUT2D eigenvalue weighted by Crippen LogP contribution is 2.21. The Morgan fingerprint density at radius 1 is 1.00 bits per heavy atom. The highest BCUT2D eigenvalue weighted by Gasteiger charge is 2.28. The molecule has 1 aliphatic rings. The van der Waals surface area contributed by atoms with Crippen LogP contribution in [-0.4, -0.2) is 48.4 Å². The van der Waals surface area contributed by atoms with E-state index in [0.717, 1.165) is 6.54 Å². The molecule has 0 unspecified atom stereocenters. The number of hydrogen-bond acceptors (Lipinski definition) is 4. The van der Waals surface area contributed by atoms with Crippen molar-refractivity contribution in [2.75, 3.05) is 26.7 Å². The maximum atomic E-state index is 12.8. The molecule has 0 saturated carbocycles. The molecule has 2 aromatic rings. The number of benzene rings is 2. The van der Waals surface area contributed by atoms with Gasteiger partial charge in [0.15, 0.2) is 0 Å². The minimum Gasteiger partial charge on any atom is -0.496 e. The Balaban J connectivity index is 1.71. The summed E-state index contributed by atoms with van der Waals surface area (Å²) >= 11 is 0. The van der Waals surface area contributed by atoms with Crippen molar-refractivity contribution >= 4 is 11.8 Å². The third-order valence-corrected chi connectivity index (χ3v) is 4.41. The zero-order chi connectivity index (χ0) is 17.6. The molecule has 130 valence electrons. The first-order chi connectivity index (χ1) is 12.2. The molecule has 2 amide bonds. The molecule has 0 aromatic heterocycles. The highest BCUT2D eigenvalue weighted by molar-refractivity contribution is 6.06. The number of para-hydroxylation sites is 1. The SMILES string of the molecule is COc1ccccc1C(=O)N1CCN(Cc2ccccc2)CCC1=O. The number of rotatable bonds is 4. The van der Waals surface area contributed by atoms with Crippen LogP contribution in [0, 0.1) is 0 Å². The Bertz CT molecular complexity index is 746. The smallest absolute Gasteiger partial charge is 0.264 e. The van der Waals surface area contributed by atoms with E-state index in [9.17, 15) is 9.59 Å². The fourth-order valence-corrected chi connectivity index (χ4v) is 3.05. The molecule has 0 atom stereocenters. The van der Waals surface area contributed by atoms with Gasteiger partial charge in [0.25, 0.3) is 5.91 Å². The van der Waals surface area contributed by atoms with Crippen LogP contribution in [0.25, 0.3) is 0 Å². The number of hydrogen-bond donors (Lipinski definition) is 0. The predicted octanol–water partition coefficient (Wildman–Crippen LogP) is 2.57. The lowest BCUT2D eigenvalue weighted by molar-refractivity contribution is -0.127. The van der Waals surface area contributed by atoms with Gasteiger partial charge in [0, 0.05) is 32.6 Å². The highest BCUT2D eigenvalue weighted by atomic mass is 16.5. The van der Waals surface area contributed by atoms with Gasteiger partial charge < -0.3 is 4.74 Å². The number of amides is 2. The zero-order valence-electron chi connectivity index (χ0n) is 14.4. The molecule has 0 N–H and O–H groups in total. The van der Waals surface area contributed by atoms with Crippen LogP contribution in [0.3, 0.4) is 0 Å². The molecule has 1 aliphatic heterocycles. The van der Waals surface area contributed by atoms with Crippen LogP contribution in [-0.2, 0) is 11.3 Å². The summed E-state index contributed by atoms with van der Waals surface area (Å²) in [6, 6.07) is 17.2. The molecular formula is C20H22N2O3. The average molecular weight is 338 g/mol. The first-order valence-corrected chi connectivity index (χ1v) is 8.43. The molecule has 0 spiro atoms. The van der Waals surface area contributed by atoms with Crippen molar-refractivity contribution < 1.29 is 14.3 Å². The zero-order valence-corrected chi connectivity index (χ0v) is 14.4. The lowest BCUT2D eigenvalue weighted by atomic mass is 10.1. The van der Waals surface area contributed by atoms with Crippen LogP contribution in [0.15, 0.2) is 54.6 Å². The minimum absolute atomic E-state index is 0.133. The molecule has 1 saturated heterocycles. The van der Waals surface area contributed by atoms with Gasteiger partial charge in [0.05, 0.1) is 12.7 Å². The van der Waals surface area contributed by atoms with Gasteiger partial charge in [-0.15, -0.1) is 0 Å². The lowest BCUT2D eigenvalue weighted by Gasteiger charge is -2.21. The Hall–Kier alpha value is -2.66. The molecule has 25 heavy (non-hydrogen) atoms. The largest absolute Gasteiger partial charge is 0.496 e. The van der Waals surface area contributed by atoms with Crippen molar-refractivity contribution in [2.24, 2.45) is 0 Å². The van der Waals surface area contributed by atoms with E-state index in [2.05, 4.69) is 17.0 Å². The van der Waals surface area contributed by atoms with Crippen molar-refractivity contribution in [1.82, 2.24) is 9.80 Å². The number of imide groups is 1. The summed E-state index contributed by atoms with van der Waals surface area (Å²) in [7, 11) is 1.53. The number of carbonyl (C=O) groups excluding carboxylic acids is 2. The van der Waals surface area contributed by atoms with Gasteiger partial charge >= 0.3 is 0 Å². The number of nitrogens with zero attached hydrogens (tertiary/aromatic N) is 2. The van der Waals surface area contributed by atoms with E-state index in [1.54, 1.807) is 24.3 Å². The van der Waals surface area contributed by atoms with E-state index in [1.807, 2.05) is 18.2 Å². The van der Waals surface area contributed by atoms with Crippen LogP contribution >= 0.6 is 0 Å². The van der Waals surface area contributed by atoms with Crippen molar-refractivity contribution in [1.29, 1.82) is 0 Å². The van der Waals surface area contributed by atoms with Gasteiger partial charge in [-0.25, -0.2) is 0 Å². The molecule has 1 fully saturated rings. The second kappa shape index (κ2) is 7.94. The van der Waals surface area contributed by atoms with E-state index in [-0.39, 0.29) is 11.8 Å². The van der Waals surface area contributed by atoms with Gasteiger partial charge in [0.2, 0.25) is 5.91 Å². The average Bonchev–Trinajstić information content (AvgIpc) is 2.84. The molecule has 0 aliphatic carbocycles. The predicted molar refractivity (Wildman–Crippen MR) is 95.4 cm³/mol. The molecule has 5 heteroatoms. The lowest BCUT2D eigenvalue weighted by Crippen LogP contribution is -2.38. The van der Waals surface area contributed by atoms with Crippen LogP contribution in [0.2, 0.25) is 0 Å². The molecule has 1 heterocycles. The van der Waals surface area contributed by atoms with Crippen LogP contribution < -0.4 is 4.74 Å². The van der Waals surface area contributed by atoms with Gasteiger partial charge in [-0.2, -0.15) is 0 Å². The van der Waals surface area contributed by atoms with Crippen LogP contribution in [0.1, 0.15) is 22.3 Å². The Morgan fingerprint density at radius 2 is 1.72 bits per heavy atom. The molecule has 5 nitrogen and oxygen atoms in total. The summed E-state index contributed by atoms with van der Waals surface area (Å²) < 4.78 is 5.25.